The topological polar surface area (TPSA) is 63.6 Å². The first-order chi connectivity index (χ1) is 12.0. The average molecular weight is 352 g/mol. The van der Waals surface area contributed by atoms with Gasteiger partial charge in [-0.3, -0.25) is 4.55 Å². The number of hydrogen-bond acceptors (Lipinski definition) is 3. The third-order valence-electron chi connectivity index (χ3n) is 4.64. The zero-order valence-electron chi connectivity index (χ0n) is 13.6. The van der Waals surface area contributed by atoms with Gasteiger partial charge in [0.05, 0.1) is 6.61 Å². The zero-order valence-corrected chi connectivity index (χ0v) is 14.4. The maximum absolute atomic E-state index is 11.1. The quantitative estimate of drug-likeness (QED) is 0.328. The molecule has 0 aromatic heterocycles. The lowest BCUT2D eigenvalue weighted by molar-refractivity contribution is 0.261. The van der Waals surface area contributed by atoms with Crippen LogP contribution in [0.15, 0.2) is 60.7 Å². The molecule has 4 aromatic rings. The third-order valence-corrected chi connectivity index (χ3v) is 5.06. The molecule has 4 rings (SSSR count). The van der Waals surface area contributed by atoms with Crippen molar-refractivity contribution in [1.29, 1.82) is 0 Å². The minimum atomic E-state index is -4.52. The third kappa shape index (κ3) is 2.76. The van der Waals surface area contributed by atoms with E-state index in [1.807, 2.05) is 48.5 Å². The first-order valence-corrected chi connectivity index (χ1v) is 9.26. The van der Waals surface area contributed by atoms with Gasteiger partial charge in [0.15, 0.2) is 0 Å². The molecule has 4 aromatic carbocycles. The van der Waals surface area contributed by atoms with Crippen LogP contribution in [-0.4, -0.2) is 13.0 Å². The summed E-state index contributed by atoms with van der Waals surface area (Å²) in [5, 5.41) is 6.07. The van der Waals surface area contributed by atoms with Crippen molar-refractivity contribution < 1.29 is 17.2 Å². The summed E-state index contributed by atoms with van der Waals surface area (Å²) in [7, 11) is -4.52. The molecule has 0 saturated carbocycles. The fourth-order valence-corrected chi connectivity index (χ4v) is 3.81. The van der Waals surface area contributed by atoms with Crippen LogP contribution in [0.3, 0.4) is 0 Å². The Bertz CT molecular complexity index is 1230. The van der Waals surface area contributed by atoms with E-state index in [9.17, 15) is 8.42 Å². The van der Waals surface area contributed by atoms with Crippen molar-refractivity contribution in [1.82, 2.24) is 0 Å². The van der Waals surface area contributed by atoms with Gasteiger partial charge in [0.25, 0.3) is 0 Å². The maximum Gasteiger partial charge on any atom is 0.397 e. The fraction of sp³-hybridized carbons (Fsp3) is 0.100. The molecule has 1 N–H and O–H groups in total. The Hall–Kier alpha value is -2.47. The van der Waals surface area contributed by atoms with Gasteiger partial charge in [-0.05, 0) is 50.4 Å². The van der Waals surface area contributed by atoms with Gasteiger partial charge in [0.2, 0.25) is 0 Å². The molecule has 0 atom stereocenters. The Morgan fingerprint density at radius 1 is 0.840 bits per heavy atom. The highest BCUT2D eigenvalue weighted by Crippen LogP contribution is 2.37. The van der Waals surface area contributed by atoms with Crippen molar-refractivity contribution in [2.24, 2.45) is 0 Å². The molecule has 5 heteroatoms. The van der Waals surface area contributed by atoms with Crippen molar-refractivity contribution in [2.75, 3.05) is 0 Å². The second-order valence-electron chi connectivity index (χ2n) is 6.05. The van der Waals surface area contributed by atoms with Gasteiger partial charge in [0, 0.05) is 0 Å². The molecule has 0 amide bonds. The Morgan fingerprint density at radius 3 is 2.20 bits per heavy atom. The lowest BCUT2D eigenvalue weighted by atomic mass is 9.90. The highest BCUT2D eigenvalue weighted by Gasteiger charge is 2.16. The van der Waals surface area contributed by atoms with E-state index in [2.05, 4.69) is 19.1 Å². The van der Waals surface area contributed by atoms with Crippen LogP contribution >= 0.6 is 0 Å². The van der Waals surface area contributed by atoms with Crippen molar-refractivity contribution >= 4 is 42.7 Å². The molecule has 4 nitrogen and oxygen atoms in total. The molecular weight excluding hydrogens is 336 g/mol. The first kappa shape index (κ1) is 16.0. The summed E-state index contributed by atoms with van der Waals surface area (Å²) in [5.41, 5.74) is 1.89. The maximum atomic E-state index is 11.1. The Labute approximate surface area is 145 Å². The van der Waals surface area contributed by atoms with E-state index >= 15 is 0 Å². The van der Waals surface area contributed by atoms with Crippen LogP contribution in [0.2, 0.25) is 0 Å². The summed E-state index contributed by atoms with van der Waals surface area (Å²) < 4.78 is 36.1. The predicted molar refractivity (Wildman–Crippen MR) is 100 cm³/mol. The number of aryl methyl sites for hydroxylation is 1. The van der Waals surface area contributed by atoms with Crippen LogP contribution in [0, 0.1) is 6.92 Å². The molecule has 0 fully saturated rings. The van der Waals surface area contributed by atoms with Crippen LogP contribution in [0.25, 0.3) is 32.3 Å². The largest absolute Gasteiger partial charge is 0.397 e. The monoisotopic (exact) mass is 352 g/mol. The second-order valence-corrected chi connectivity index (χ2v) is 7.14. The second kappa shape index (κ2) is 5.81. The summed E-state index contributed by atoms with van der Waals surface area (Å²) in [6.45, 7) is 1.84. The molecule has 0 saturated heterocycles. The van der Waals surface area contributed by atoms with E-state index in [0.29, 0.717) is 0 Å². The summed E-state index contributed by atoms with van der Waals surface area (Å²) in [6.07, 6.45) is 0. The van der Waals surface area contributed by atoms with Crippen LogP contribution in [0.1, 0.15) is 11.1 Å². The molecule has 0 radical (unpaired) electrons. The van der Waals surface area contributed by atoms with Crippen molar-refractivity contribution in [3.63, 3.8) is 0 Å². The van der Waals surface area contributed by atoms with Crippen LogP contribution in [0.5, 0.6) is 0 Å². The molecule has 0 aliphatic rings. The van der Waals surface area contributed by atoms with E-state index in [0.717, 1.165) is 43.4 Å². The van der Waals surface area contributed by atoms with E-state index in [4.69, 9.17) is 8.74 Å². The zero-order chi connectivity index (χ0) is 17.6. The van der Waals surface area contributed by atoms with E-state index in [1.165, 1.54) is 0 Å². The number of benzene rings is 4. The van der Waals surface area contributed by atoms with Gasteiger partial charge < -0.3 is 0 Å². The van der Waals surface area contributed by atoms with Crippen molar-refractivity contribution in [3.8, 4) is 0 Å². The Balaban J connectivity index is 2.19. The summed E-state index contributed by atoms with van der Waals surface area (Å²) in [5.74, 6) is 0. The van der Waals surface area contributed by atoms with Gasteiger partial charge in [-0.15, -0.1) is 0 Å². The van der Waals surface area contributed by atoms with E-state index in [-0.39, 0.29) is 6.61 Å². The van der Waals surface area contributed by atoms with E-state index < -0.39 is 10.4 Å². The van der Waals surface area contributed by atoms with Gasteiger partial charge in [-0.25, -0.2) is 4.18 Å². The SMILES string of the molecule is Cc1c2ccccc2c(COS(=O)(=O)O)c2c1ccc1ccccc12. The molecule has 0 bridgehead atoms. The van der Waals surface area contributed by atoms with Gasteiger partial charge >= 0.3 is 10.4 Å². The molecule has 0 aliphatic heterocycles. The normalized spacial score (nSPS) is 12.2. The molecule has 25 heavy (non-hydrogen) atoms. The molecule has 0 unspecified atom stereocenters. The van der Waals surface area contributed by atoms with Gasteiger partial charge in [-0.1, -0.05) is 60.7 Å². The summed E-state index contributed by atoms with van der Waals surface area (Å²) >= 11 is 0. The van der Waals surface area contributed by atoms with E-state index in [1.54, 1.807) is 0 Å². The summed E-state index contributed by atoms with van der Waals surface area (Å²) in [6, 6.07) is 19.9. The number of rotatable bonds is 3. The van der Waals surface area contributed by atoms with Crippen LogP contribution in [-0.2, 0) is 21.2 Å². The minimum absolute atomic E-state index is 0.218. The number of fused-ring (bicyclic) bond motifs is 4. The fourth-order valence-electron chi connectivity index (χ4n) is 3.55. The average Bonchev–Trinajstić information content (AvgIpc) is 2.60. The highest BCUT2D eigenvalue weighted by molar-refractivity contribution is 7.80. The van der Waals surface area contributed by atoms with Crippen LogP contribution in [0.4, 0.5) is 0 Å². The van der Waals surface area contributed by atoms with Crippen LogP contribution < -0.4 is 0 Å². The molecule has 126 valence electrons. The highest BCUT2D eigenvalue weighted by atomic mass is 32.3. The molecule has 0 heterocycles. The lowest BCUT2D eigenvalue weighted by Gasteiger charge is -2.16. The molecule has 0 spiro atoms. The smallest absolute Gasteiger partial charge is 0.264 e. The first-order valence-electron chi connectivity index (χ1n) is 7.89. The van der Waals surface area contributed by atoms with Gasteiger partial charge in [-0.2, -0.15) is 8.42 Å². The Morgan fingerprint density at radius 2 is 1.48 bits per heavy atom. The molecular formula is C20H16O4S. The predicted octanol–water partition coefficient (Wildman–Crippen LogP) is 4.77. The number of hydrogen-bond donors (Lipinski definition) is 1. The minimum Gasteiger partial charge on any atom is -0.264 e. The van der Waals surface area contributed by atoms with Crippen molar-refractivity contribution in [3.05, 3.63) is 71.8 Å². The molecule has 0 aliphatic carbocycles. The lowest BCUT2D eigenvalue weighted by Crippen LogP contribution is -2.05. The summed E-state index contributed by atoms with van der Waals surface area (Å²) in [4.78, 5) is 0. The van der Waals surface area contributed by atoms with Gasteiger partial charge in [0.1, 0.15) is 0 Å². The Kier molecular flexibility index (Phi) is 3.72. The van der Waals surface area contributed by atoms with Crippen molar-refractivity contribution in [2.45, 2.75) is 13.5 Å². The standard InChI is InChI=1S/C20H16O4S/c1-13-15-7-4-5-9-18(15)19(12-24-25(21,22)23)20-16(13)11-10-14-6-2-3-8-17(14)20/h2-11H,12H2,1H3,(H,21,22,23).